The van der Waals surface area contributed by atoms with Gasteiger partial charge in [0.2, 0.25) is 0 Å². The van der Waals surface area contributed by atoms with Gasteiger partial charge in [-0.1, -0.05) is 57.2 Å². The average Bonchev–Trinajstić information content (AvgIpc) is 3.28. The number of aliphatic carboxylic acids is 1. The van der Waals surface area contributed by atoms with E-state index in [0.717, 1.165) is 28.1 Å². The van der Waals surface area contributed by atoms with E-state index in [-0.39, 0.29) is 36.4 Å². The van der Waals surface area contributed by atoms with Crippen LogP contribution in [0.5, 0.6) is 0 Å². The lowest BCUT2D eigenvalue weighted by Gasteiger charge is -2.20. The Labute approximate surface area is 246 Å². The maximum atomic E-state index is 14.2. The zero-order chi connectivity index (χ0) is 30.4. The Morgan fingerprint density at radius 3 is 2.36 bits per heavy atom. The first-order chi connectivity index (χ1) is 20.0. The summed E-state index contributed by atoms with van der Waals surface area (Å²) in [6.45, 7) is 6.43. The van der Waals surface area contributed by atoms with E-state index >= 15 is 0 Å². The van der Waals surface area contributed by atoms with Crippen LogP contribution >= 0.6 is 0 Å². The minimum absolute atomic E-state index is 0.0852. The van der Waals surface area contributed by atoms with E-state index in [2.05, 4.69) is 18.3 Å². The molecule has 1 unspecified atom stereocenters. The second-order valence-electron chi connectivity index (χ2n) is 11.3. The van der Waals surface area contributed by atoms with Crippen molar-refractivity contribution in [3.8, 4) is 11.3 Å². The second kappa shape index (κ2) is 13.8. The quantitative estimate of drug-likeness (QED) is 0.194. The number of aromatic nitrogens is 1. The molecule has 8 heteroatoms. The molecule has 0 spiro atoms. The summed E-state index contributed by atoms with van der Waals surface area (Å²) in [5.74, 6) is -1.62. The van der Waals surface area contributed by atoms with Gasteiger partial charge in [0.05, 0.1) is 29.9 Å². The predicted molar refractivity (Wildman–Crippen MR) is 163 cm³/mol. The number of halogens is 1. The predicted octanol–water partition coefficient (Wildman–Crippen LogP) is 6.63. The minimum atomic E-state index is -1.17. The number of hydrogen-bond donors (Lipinski definition) is 4. The zero-order valence-corrected chi connectivity index (χ0v) is 24.3. The topological polar surface area (TPSA) is 112 Å². The number of aliphatic hydroxyl groups is 2. The van der Waals surface area contributed by atoms with Crippen LogP contribution in [0.2, 0.25) is 0 Å². The highest BCUT2D eigenvalue weighted by atomic mass is 19.1. The van der Waals surface area contributed by atoms with Gasteiger partial charge in [-0.3, -0.25) is 9.59 Å². The number of allylic oxidation sites excluding steroid dienone is 4. The van der Waals surface area contributed by atoms with E-state index in [4.69, 9.17) is 5.11 Å². The second-order valence-corrected chi connectivity index (χ2v) is 11.3. The van der Waals surface area contributed by atoms with E-state index in [9.17, 15) is 24.2 Å². The third-order valence-electron chi connectivity index (χ3n) is 7.47. The number of carbonyl (C=O) groups is 2. The Hall–Kier alpha value is -4.01. The number of carboxylic acids is 1. The molecule has 1 aliphatic rings. The average molecular weight is 575 g/mol. The van der Waals surface area contributed by atoms with Crippen LogP contribution in [0.15, 0.2) is 72.8 Å². The smallest absolute Gasteiger partial charge is 0.305 e. The number of carboxylic acid groups (broad SMARTS) is 1. The molecule has 3 aromatic rings. The lowest BCUT2D eigenvalue weighted by Crippen LogP contribution is -2.22. The highest BCUT2D eigenvalue weighted by molar-refractivity contribution is 6.10. The van der Waals surface area contributed by atoms with Crippen LogP contribution in [-0.4, -0.2) is 44.0 Å². The number of amides is 1. The molecule has 4 N–H and O–H groups in total. The number of nitrogens with zero attached hydrogens (tertiary/aromatic N) is 1. The van der Waals surface area contributed by atoms with E-state index < -0.39 is 24.6 Å². The Balaban J connectivity index is 1.89. The third-order valence-corrected chi connectivity index (χ3v) is 7.47. The molecule has 0 fully saturated rings. The molecule has 0 saturated carbocycles. The van der Waals surface area contributed by atoms with Crippen LogP contribution < -0.4 is 5.32 Å². The lowest BCUT2D eigenvalue weighted by molar-refractivity contribution is -0.139. The van der Waals surface area contributed by atoms with Gasteiger partial charge in [0.25, 0.3) is 5.91 Å². The van der Waals surface area contributed by atoms with Crippen molar-refractivity contribution in [2.45, 2.75) is 71.1 Å². The molecule has 3 atom stereocenters. The first kappa shape index (κ1) is 30.9. The summed E-state index contributed by atoms with van der Waals surface area (Å²) in [6, 6.07) is 15.4. The van der Waals surface area contributed by atoms with Gasteiger partial charge in [0, 0.05) is 23.5 Å². The molecule has 7 nitrogen and oxygen atoms in total. The van der Waals surface area contributed by atoms with Crippen molar-refractivity contribution in [3.63, 3.8) is 0 Å². The Morgan fingerprint density at radius 1 is 1.05 bits per heavy atom. The van der Waals surface area contributed by atoms with Gasteiger partial charge >= 0.3 is 5.97 Å². The van der Waals surface area contributed by atoms with Crippen molar-refractivity contribution in [2.75, 3.05) is 5.32 Å². The molecule has 42 heavy (non-hydrogen) atoms. The van der Waals surface area contributed by atoms with Crippen molar-refractivity contribution >= 4 is 23.1 Å². The number of anilines is 1. The molecular formula is C34H39FN2O5. The van der Waals surface area contributed by atoms with E-state index in [0.29, 0.717) is 24.2 Å². The largest absolute Gasteiger partial charge is 0.481 e. The van der Waals surface area contributed by atoms with Gasteiger partial charge in [-0.15, -0.1) is 0 Å². The van der Waals surface area contributed by atoms with Gasteiger partial charge in [0.1, 0.15) is 5.82 Å². The number of benzene rings is 2. The lowest BCUT2D eigenvalue weighted by atomic mass is 9.86. The molecular weight excluding hydrogens is 535 g/mol. The molecule has 1 aliphatic carbocycles. The molecule has 1 heterocycles. The summed E-state index contributed by atoms with van der Waals surface area (Å²) < 4.78 is 16.1. The maximum Gasteiger partial charge on any atom is 0.305 e. The summed E-state index contributed by atoms with van der Waals surface area (Å²) in [4.78, 5) is 25.2. The third kappa shape index (κ3) is 7.43. The van der Waals surface area contributed by atoms with Gasteiger partial charge in [-0.25, -0.2) is 4.39 Å². The SMILES string of the molecule is CC1C=CC=C(c2c(C(=O)Nc3ccccc3)c(C(C)C)n(CC[C@@H](O)C[C@@H](O)CC(=O)O)c2-c2ccc(F)cc2)C1. The number of para-hydroxylation sites is 1. The van der Waals surface area contributed by atoms with Crippen LogP contribution in [0, 0.1) is 11.7 Å². The molecule has 4 rings (SSSR count). The van der Waals surface area contributed by atoms with E-state index in [1.165, 1.54) is 12.1 Å². The van der Waals surface area contributed by atoms with Crippen LogP contribution in [0.3, 0.4) is 0 Å². The summed E-state index contributed by atoms with van der Waals surface area (Å²) in [5.41, 5.74) is 5.21. The van der Waals surface area contributed by atoms with Crippen LogP contribution in [0.1, 0.15) is 74.0 Å². The van der Waals surface area contributed by atoms with Crippen molar-refractivity contribution in [1.29, 1.82) is 0 Å². The Morgan fingerprint density at radius 2 is 1.74 bits per heavy atom. The summed E-state index contributed by atoms with van der Waals surface area (Å²) in [5, 5.41) is 32.9. The molecule has 1 amide bonds. The monoisotopic (exact) mass is 574 g/mol. The van der Waals surface area contributed by atoms with Crippen LogP contribution in [0.25, 0.3) is 16.8 Å². The fraction of sp³-hybridized carbons (Fsp3) is 0.353. The summed E-state index contributed by atoms with van der Waals surface area (Å²) >= 11 is 0. The van der Waals surface area contributed by atoms with Crippen LogP contribution in [-0.2, 0) is 11.3 Å². The van der Waals surface area contributed by atoms with Crippen molar-refractivity contribution < 1.29 is 29.3 Å². The number of nitrogens with one attached hydrogen (secondary N) is 1. The standard InChI is InChI=1S/C34H39FN2O5/c1-21(2)32-31(34(42)36-26-10-5-4-6-11-26)30(24-9-7-8-22(3)18-24)33(23-12-14-25(35)15-13-23)37(32)17-16-27(38)19-28(39)20-29(40)41/h4-15,21-22,27-28,38-39H,16-20H2,1-3H3,(H,36,42)(H,40,41)/t22?,27-,28-/m1/s1. The fourth-order valence-corrected chi connectivity index (χ4v) is 5.66. The molecule has 1 aromatic heterocycles. The molecule has 0 radical (unpaired) electrons. The highest BCUT2D eigenvalue weighted by Crippen LogP contribution is 2.43. The number of rotatable bonds is 12. The first-order valence-corrected chi connectivity index (χ1v) is 14.4. The normalized spacial score (nSPS) is 16.3. The first-order valence-electron chi connectivity index (χ1n) is 14.4. The van der Waals surface area contributed by atoms with Gasteiger partial charge in [0.15, 0.2) is 0 Å². The number of carbonyl (C=O) groups excluding carboxylic acids is 1. The van der Waals surface area contributed by atoms with Gasteiger partial charge in [-0.05, 0) is 78.6 Å². The van der Waals surface area contributed by atoms with E-state index in [1.54, 1.807) is 12.1 Å². The number of hydrogen-bond acceptors (Lipinski definition) is 4. The van der Waals surface area contributed by atoms with Crippen molar-refractivity contribution in [3.05, 3.63) is 95.5 Å². The molecule has 0 aliphatic heterocycles. The molecule has 2 aromatic carbocycles. The van der Waals surface area contributed by atoms with E-state index in [1.807, 2.05) is 60.9 Å². The van der Waals surface area contributed by atoms with Gasteiger partial charge in [-0.2, -0.15) is 0 Å². The highest BCUT2D eigenvalue weighted by Gasteiger charge is 2.32. The molecule has 222 valence electrons. The van der Waals surface area contributed by atoms with Gasteiger partial charge < -0.3 is 25.2 Å². The molecule has 0 saturated heterocycles. The minimum Gasteiger partial charge on any atom is -0.481 e. The maximum absolute atomic E-state index is 14.2. The molecule has 0 bridgehead atoms. The summed E-state index contributed by atoms with van der Waals surface area (Å²) in [6.07, 6.45) is 4.38. The summed E-state index contributed by atoms with van der Waals surface area (Å²) in [7, 11) is 0. The van der Waals surface area contributed by atoms with Crippen molar-refractivity contribution in [2.24, 2.45) is 5.92 Å². The van der Waals surface area contributed by atoms with Crippen molar-refractivity contribution in [1.82, 2.24) is 4.57 Å². The fourth-order valence-electron chi connectivity index (χ4n) is 5.66. The number of aliphatic hydroxyl groups excluding tert-OH is 2. The van der Waals surface area contributed by atoms with Crippen LogP contribution in [0.4, 0.5) is 10.1 Å². The Bertz CT molecular complexity index is 1460. The zero-order valence-electron chi connectivity index (χ0n) is 24.3. The Kier molecular flexibility index (Phi) is 10.1.